The van der Waals surface area contributed by atoms with Crippen LogP contribution in [0.1, 0.15) is 18.4 Å². The van der Waals surface area contributed by atoms with E-state index in [4.69, 9.17) is 5.73 Å². The van der Waals surface area contributed by atoms with Gasteiger partial charge in [-0.25, -0.2) is 4.39 Å². The fourth-order valence-electron chi connectivity index (χ4n) is 3.08. The number of carbonyl (C=O) groups is 2. The van der Waals surface area contributed by atoms with E-state index < -0.39 is 0 Å². The maximum absolute atomic E-state index is 13.0. The van der Waals surface area contributed by atoms with Crippen molar-refractivity contribution in [3.05, 3.63) is 48.3 Å². The predicted octanol–water partition coefficient (Wildman–Crippen LogP) is 1.54. The van der Waals surface area contributed by atoms with E-state index in [2.05, 4.69) is 6.58 Å². The Morgan fingerprint density at radius 3 is 2.71 bits per heavy atom. The summed E-state index contributed by atoms with van der Waals surface area (Å²) in [6.07, 6.45) is 3.35. The first-order valence-electron chi connectivity index (χ1n) is 8.14. The minimum Gasteiger partial charge on any atom is -0.369 e. The van der Waals surface area contributed by atoms with Gasteiger partial charge in [-0.2, -0.15) is 0 Å². The molecule has 24 heavy (non-hydrogen) atoms. The van der Waals surface area contributed by atoms with Gasteiger partial charge in [-0.3, -0.25) is 14.5 Å². The van der Waals surface area contributed by atoms with Crippen LogP contribution in [0.5, 0.6) is 0 Å². The maximum Gasteiger partial charge on any atom is 0.231 e. The van der Waals surface area contributed by atoms with Gasteiger partial charge in [0.15, 0.2) is 0 Å². The topological polar surface area (TPSA) is 66.6 Å². The first-order valence-corrected chi connectivity index (χ1v) is 8.14. The van der Waals surface area contributed by atoms with Crippen molar-refractivity contribution in [3.8, 4) is 0 Å². The van der Waals surface area contributed by atoms with Crippen molar-refractivity contribution >= 4 is 11.8 Å². The molecule has 5 nitrogen and oxygen atoms in total. The predicted molar refractivity (Wildman–Crippen MR) is 90.4 cm³/mol. The number of likely N-dealkylation sites (tertiary alicyclic amines) is 1. The maximum atomic E-state index is 13.0. The Bertz CT molecular complexity index is 588. The van der Waals surface area contributed by atoms with Gasteiger partial charge < -0.3 is 10.6 Å². The van der Waals surface area contributed by atoms with Gasteiger partial charge in [0.2, 0.25) is 11.8 Å². The summed E-state index contributed by atoms with van der Waals surface area (Å²) in [6, 6.07) is 6.14. The van der Waals surface area contributed by atoms with Crippen molar-refractivity contribution in [1.82, 2.24) is 9.80 Å². The van der Waals surface area contributed by atoms with Crippen LogP contribution in [0.3, 0.4) is 0 Å². The van der Waals surface area contributed by atoms with Crippen LogP contribution in [-0.4, -0.2) is 47.8 Å². The zero-order valence-electron chi connectivity index (χ0n) is 13.8. The Labute approximate surface area is 141 Å². The lowest BCUT2D eigenvalue weighted by Gasteiger charge is -2.34. The van der Waals surface area contributed by atoms with Gasteiger partial charge >= 0.3 is 0 Å². The minimum absolute atomic E-state index is 0.0356. The molecular formula is C18H24FN3O2. The second-order valence-corrected chi connectivity index (χ2v) is 6.17. The highest BCUT2D eigenvalue weighted by molar-refractivity contribution is 5.80. The van der Waals surface area contributed by atoms with Gasteiger partial charge in [0, 0.05) is 19.6 Å². The van der Waals surface area contributed by atoms with Gasteiger partial charge in [0.1, 0.15) is 5.82 Å². The second-order valence-electron chi connectivity index (χ2n) is 6.17. The van der Waals surface area contributed by atoms with Crippen LogP contribution in [0.4, 0.5) is 4.39 Å². The van der Waals surface area contributed by atoms with Crippen LogP contribution in [0.15, 0.2) is 36.9 Å². The largest absolute Gasteiger partial charge is 0.369 e. The van der Waals surface area contributed by atoms with E-state index >= 15 is 0 Å². The van der Waals surface area contributed by atoms with Crippen LogP contribution in [0, 0.1) is 11.7 Å². The molecule has 1 fully saturated rings. The third-order valence-electron chi connectivity index (χ3n) is 4.18. The zero-order chi connectivity index (χ0) is 17.5. The molecule has 0 bridgehead atoms. The average molecular weight is 333 g/mol. The van der Waals surface area contributed by atoms with E-state index in [9.17, 15) is 14.0 Å². The van der Waals surface area contributed by atoms with Crippen molar-refractivity contribution < 1.29 is 14.0 Å². The van der Waals surface area contributed by atoms with E-state index in [1.54, 1.807) is 23.1 Å². The fourth-order valence-corrected chi connectivity index (χ4v) is 3.08. The molecule has 0 spiro atoms. The number of carbonyl (C=O) groups excluding carboxylic acids is 2. The second kappa shape index (κ2) is 8.59. The first kappa shape index (κ1) is 18.1. The number of primary amides is 1. The summed E-state index contributed by atoms with van der Waals surface area (Å²) in [5.74, 6) is -0.793. The Hall–Kier alpha value is -2.21. The van der Waals surface area contributed by atoms with Gasteiger partial charge in [0.05, 0.1) is 12.5 Å². The quantitative estimate of drug-likeness (QED) is 0.770. The zero-order valence-corrected chi connectivity index (χ0v) is 13.8. The molecule has 1 aliphatic rings. The molecule has 1 aliphatic heterocycles. The van der Waals surface area contributed by atoms with E-state index in [-0.39, 0.29) is 30.1 Å². The number of nitrogens with zero attached hydrogens (tertiary/aromatic N) is 2. The molecule has 0 aromatic heterocycles. The van der Waals surface area contributed by atoms with Crippen molar-refractivity contribution in [3.63, 3.8) is 0 Å². The van der Waals surface area contributed by atoms with Crippen LogP contribution in [0.2, 0.25) is 0 Å². The van der Waals surface area contributed by atoms with Gasteiger partial charge in [-0.15, -0.1) is 6.58 Å². The lowest BCUT2D eigenvalue weighted by Crippen LogP contribution is -2.46. The molecule has 1 heterocycles. The number of nitrogens with two attached hydrogens (primary N) is 1. The van der Waals surface area contributed by atoms with E-state index in [0.29, 0.717) is 19.6 Å². The molecule has 1 saturated heterocycles. The summed E-state index contributed by atoms with van der Waals surface area (Å²) in [4.78, 5) is 27.6. The van der Waals surface area contributed by atoms with Gasteiger partial charge in [0.25, 0.3) is 0 Å². The van der Waals surface area contributed by atoms with E-state index in [1.807, 2.05) is 4.90 Å². The minimum atomic E-state index is -0.377. The summed E-state index contributed by atoms with van der Waals surface area (Å²) in [6.45, 7) is 6.07. The number of benzene rings is 1. The molecule has 130 valence electrons. The molecular weight excluding hydrogens is 309 g/mol. The SMILES string of the molecule is C=CCN(Cc1ccc(F)cc1)C(=O)C1CCCN(CC(N)=O)C1. The summed E-state index contributed by atoms with van der Waals surface area (Å²) in [7, 11) is 0. The normalized spacial score (nSPS) is 18.1. The van der Waals surface area contributed by atoms with Crippen molar-refractivity contribution in [2.24, 2.45) is 11.7 Å². The lowest BCUT2D eigenvalue weighted by molar-refractivity contribution is -0.138. The number of hydrogen-bond acceptors (Lipinski definition) is 3. The average Bonchev–Trinajstić information content (AvgIpc) is 2.55. The van der Waals surface area contributed by atoms with Crippen molar-refractivity contribution in [1.29, 1.82) is 0 Å². The molecule has 1 atom stereocenters. The first-order chi connectivity index (χ1) is 11.5. The number of rotatable bonds is 7. The molecule has 1 aromatic rings. The monoisotopic (exact) mass is 333 g/mol. The third kappa shape index (κ3) is 5.16. The number of amides is 2. The summed E-state index contributed by atoms with van der Waals surface area (Å²) >= 11 is 0. The number of piperidine rings is 1. The standard InChI is InChI=1S/C18H24FN3O2/c1-2-9-22(11-14-5-7-16(19)8-6-14)18(24)15-4-3-10-21(12-15)13-17(20)23/h2,5-8,15H,1,3-4,9-13H2,(H2,20,23). The highest BCUT2D eigenvalue weighted by Gasteiger charge is 2.29. The number of hydrogen-bond donors (Lipinski definition) is 1. The Kier molecular flexibility index (Phi) is 6.49. The Balaban J connectivity index is 2.03. The fraction of sp³-hybridized carbons (Fsp3) is 0.444. The van der Waals surface area contributed by atoms with Crippen LogP contribution in [0.25, 0.3) is 0 Å². The van der Waals surface area contributed by atoms with E-state index in [1.165, 1.54) is 12.1 Å². The molecule has 0 radical (unpaired) electrons. The summed E-state index contributed by atoms with van der Waals surface area (Å²) in [5.41, 5.74) is 6.12. The molecule has 2 amide bonds. The molecule has 2 N–H and O–H groups in total. The molecule has 6 heteroatoms. The van der Waals surface area contributed by atoms with Crippen molar-refractivity contribution in [2.45, 2.75) is 19.4 Å². The molecule has 1 aromatic carbocycles. The molecule has 1 unspecified atom stereocenters. The van der Waals surface area contributed by atoms with Crippen LogP contribution >= 0.6 is 0 Å². The lowest BCUT2D eigenvalue weighted by atomic mass is 9.96. The smallest absolute Gasteiger partial charge is 0.231 e. The molecule has 0 saturated carbocycles. The molecule has 2 rings (SSSR count). The number of halogens is 1. The Morgan fingerprint density at radius 1 is 1.38 bits per heavy atom. The highest BCUT2D eigenvalue weighted by Crippen LogP contribution is 2.20. The highest BCUT2D eigenvalue weighted by atomic mass is 19.1. The Morgan fingerprint density at radius 2 is 2.08 bits per heavy atom. The van der Waals surface area contributed by atoms with Gasteiger partial charge in [-0.1, -0.05) is 18.2 Å². The van der Waals surface area contributed by atoms with Gasteiger partial charge in [-0.05, 0) is 37.1 Å². The van der Waals surface area contributed by atoms with Crippen LogP contribution < -0.4 is 5.73 Å². The van der Waals surface area contributed by atoms with Crippen molar-refractivity contribution in [2.75, 3.05) is 26.2 Å². The molecule has 0 aliphatic carbocycles. The summed E-state index contributed by atoms with van der Waals surface area (Å²) < 4.78 is 13.0. The summed E-state index contributed by atoms with van der Waals surface area (Å²) in [5, 5.41) is 0. The van der Waals surface area contributed by atoms with E-state index in [0.717, 1.165) is 24.9 Å². The van der Waals surface area contributed by atoms with Crippen LogP contribution in [-0.2, 0) is 16.1 Å². The third-order valence-corrected chi connectivity index (χ3v) is 4.18.